The number of nitrogens with zero attached hydrogens (tertiary/aromatic N) is 1. The van der Waals surface area contributed by atoms with Crippen molar-refractivity contribution >= 4 is 11.7 Å². The first-order chi connectivity index (χ1) is 10.7. The van der Waals surface area contributed by atoms with Gasteiger partial charge in [-0.05, 0) is 43.1 Å². The number of nitrogens with one attached hydrogen (secondary N) is 3. The Morgan fingerprint density at radius 3 is 2.77 bits per heavy atom. The molecule has 120 valence electrons. The fourth-order valence-electron chi connectivity index (χ4n) is 4.00. The Labute approximate surface area is 130 Å². The standard InChI is InChI=1S/C16H24N4O2/c21-15(10-18-14-4-5-17-16(22)20-14)19-9-13-7-11-2-1-3-12(6-11)8-13/h4-5,11-13H,1-3,6-10H2,(H,19,21)(H2,17,18,20,22). The molecule has 1 aromatic rings. The van der Waals surface area contributed by atoms with Crippen LogP contribution in [0.15, 0.2) is 17.1 Å². The van der Waals surface area contributed by atoms with Crippen LogP contribution in [0, 0.1) is 17.8 Å². The van der Waals surface area contributed by atoms with Crippen LogP contribution in [0.2, 0.25) is 0 Å². The molecule has 2 fully saturated rings. The Bertz CT molecular complexity index is 559. The molecule has 0 saturated heterocycles. The van der Waals surface area contributed by atoms with Gasteiger partial charge >= 0.3 is 5.69 Å². The van der Waals surface area contributed by atoms with E-state index in [-0.39, 0.29) is 12.5 Å². The van der Waals surface area contributed by atoms with Gasteiger partial charge in [-0.3, -0.25) is 4.79 Å². The number of aromatic nitrogens is 2. The highest BCUT2D eigenvalue weighted by atomic mass is 16.2. The topological polar surface area (TPSA) is 86.9 Å². The van der Waals surface area contributed by atoms with Crippen molar-refractivity contribution in [1.82, 2.24) is 15.3 Å². The number of H-pyrrole nitrogens is 1. The number of anilines is 1. The Hall–Kier alpha value is -1.85. The molecule has 3 N–H and O–H groups in total. The van der Waals surface area contributed by atoms with E-state index in [0.29, 0.717) is 11.7 Å². The maximum atomic E-state index is 11.9. The number of carbonyl (C=O) groups excluding carboxylic acids is 1. The lowest BCUT2D eigenvalue weighted by atomic mass is 9.68. The molecule has 1 heterocycles. The third kappa shape index (κ3) is 4.08. The second-order valence-electron chi connectivity index (χ2n) is 6.67. The molecule has 6 heteroatoms. The van der Waals surface area contributed by atoms with E-state index >= 15 is 0 Å². The van der Waals surface area contributed by atoms with Gasteiger partial charge in [0.15, 0.2) is 0 Å². The van der Waals surface area contributed by atoms with Crippen LogP contribution in [0.1, 0.15) is 38.5 Å². The van der Waals surface area contributed by atoms with Crippen molar-refractivity contribution in [3.8, 4) is 0 Å². The zero-order chi connectivity index (χ0) is 15.4. The van der Waals surface area contributed by atoms with Gasteiger partial charge in [-0.25, -0.2) is 4.79 Å². The summed E-state index contributed by atoms with van der Waals surface area (Å²) in [6.45, 7) is 0.923. The zero-order valence-electron chi connectivity index (χ0n) is 12.8. The summed E-state index contributed by atoms with van der Waals surface area (Å²) in [7, 11) is 0. The lowest BCUT2D eigenvalue weighted by molar-refractivity contribution is -0.119. The Morgan fingerprint density at radius 1 is 1.27 bits per heavy atom. The molecule has 0 aromatic carbocycles. The van der Waals surface area contributed by atoms with Crippen molar-refractivity contribution in [2.24, 2.45) is 17.8 Å². The fourth-order valence-corrected chi connectivity index (χ4v) is 4.00. The molecule has 2 saturated carbocycles. The van der Waals surface area contributed by atoms with E-state index in [1.807, 2.05) is 0 Å². The third-order valence-corrected chi connectivity index (χ3v) is 4.91. The van der Waals surface area contributed by atoms with Gasteiger partial charge in [-0.1, -0.05) is 19.3 Å². The molecule has 0 spiro atoms. The summed E-state index contributed by atoms with van der Waals surface area (Å²) < 4.78 is 0. The lowest BCUT2D eigenvalue weighted by Crippen LogP contribution is -2.37. The molecule has 3 rings (SSSR count). The second-order valence-corrected chi connectivity index (χ2v) is 6.67. The summed E-state index contributed by atoms with van der Waals surface area (Å²) in [6, 6.07) is 1.64. The van der Waals surface area contributed by atoms with Crippen molar-refractivity contribution in [2.75, 3.05) is 18.4 Å². The Morgan fingerprint density at radius 2 is 2.05 bits per heavy atom. The minimum absolute atomic E-state index is 0.0437. The van der Waals surface area contributed by atoms with Gasteiger partial charge in [0.1, 0.15) is 5.82 Å². The summed E-state index contributed by atoms with van der Waals surface area (Å²) in [6.07, 6.45) is 9.57. The predicted molar refractivity (Wildman–Crippen MR) is 84.5 cm³/mol. The summed E-state index contributed by atoms with van der Waals surface area (Å²) in [5.74, 6) is 2.77. The molecular formula is C16H24N4O2. The number of hydrogen-bond acceptors (Lipinski definition) is 4. The van der Waals surface area contributed by atoms with Crippen LogP contribution in [0.25, 0.3) is 0 Å². The van der Waals surface area contributed by atoms with Crippen LogP contribution in [0.5, 0.6) is 0 Å². The van der Waals surface area contributed by atoms with Gasteiger partial charge in [0, 0.05) is 12.7 Å². The molecule has 1 amide bonds. The number of rotatable bonds is 5. The number of fused-ring (bicyclic) bond motifs is 2. The van der Waals surface area contributed by atoms with Gasteiger partial charge in [0.25, 0.3) is 0 Å². The number of amides is 1. The van der Waals surface area contributed by atoms with Crippen molar-refractivity contribution in [2.45, 2.75) is 38.5 Å². The minimum Gasteiger partial charge on any atom is -0.361 e. The molecule has 1 aromatic heterocycles. The molecule has 2 bridgehead atoms. The smallest absolute Gasteiger partial charge is 0.346 e. The summed E-state index contributed by atoms with van der Waals surface area (Å²) >= 11 is 0. The normalized spacial score (nSPS) is 27.2. The van der Waals surface area contributed by atoms with E-state index < -0.39 is 5.69 Å². The molecule has 0 aliphatic heterocycles. The van der Waals surface area contributed by atoms with E-state index in [0.717, 1.165) is 18.4 Å². The van der Waals surface area contributed by atoms with Gasteiger partial charge in [0.05, 0.1) is 6.54 Å². The van der Waals surface area contributed by atoms with Gasteiger partial charge in [-0.2, -0.15) is 4.98 Å². The average Bonchev–Trinajstić information content (AvgIpc) is 2.51. The maximum absolute atomic E-state index is 11.9. The van der Waals surface area contributed by atoms with Crippen molar-refractivity contribution < 1.29 is 4.79 Å². The number of hydrogen-bond donors (Lipinski definition) is 3. The lowest BCUT2D eigenvalue weighted by Gasteiger charge is -2.39. The van der Waals surface area contributed by atoms with E-state index in [2.05, 4.69) is 20.6 Å². The summed E-state index contributed by atoms with van der Waals surface area (Å²) in [4.78, 5) is 29.1. The summed E-state index contributed by atoms with van der Waals surface area (Å²) in [5.41, 5.74) is -0.417. The first kappa shape index (κ1) is 15.1. The van der Waals surface area contributed by atoms with E-state index in [9.17, 15) is 9.59 Å². The highest BCUT2D eigenvalue weighted by Gasteiger charge is 2.31. The molecule has 2 aliphatic carbocycles. The monoisotopic (exact) mass is 304 g/mol. The van der Waals surface area contributed by atoms with Crippen LogP contribution in [0.3, 0.4) is 0 Å². The minimum atomic E-state index is -0.417. The molecule has 22 heavy (non-hydrogen) atoms. The number of carbonyl (C=O) groups is 1. The number of aromatic amines is 1. The predicted octanol–water partition coefficient (Wildman–Crippen LogP) is 1.51. The molecular weight excluding hydrogens is 280 g/mol. The van der Waals surface area contributed by atoms with Crippen LogP contribution in [-0.2, 0) is 4.79 Å². The highest BCUT2D eigenvalue weighted by Crippen LogP contribution is 2.42. The first-order valence-electron chi connectivity index (χ1n) is 8.25. The molecule has 2 atom stereocenters. The van der Waals surface area contributed by atoms with Crippen molar-refractivity contribution in [1.29, 1.82) is 0 Å². The van der Waals surface area contributed by atoms with Gasteiger partial charge < -0.3 is 15.6 Å². The SMILES string of the molecule is O=C(CNc1cc[nH]c(=O)n1)NCC1CC2CCCC(C2)C1. The van der Waals surface area contributed by atoms with Gasteiger partial charge in [0.2, 0.25) is 5.91 Å². The largest absolute Gasteiger partial charge is 0.361 e. The van der Waals surface area contributed by atoms with Gasteiger partial charge in [-0.15, -0.1) is 0 Å². The quantitative estimate of drug-likeness (QED) is 0.769. The van der Waals surface area contributed by atoms with Crippen LogP contribution < -0.4 is 16.3 Å². The first-order valence-corrected chi connectivity index (χ1v) is 8.25. The summed E-state index contributed by atoms with van der Waals surface area (Å²) in [5, 5.41) is 5.88. The van der Waals surface area contributed by atoms with Crippen LogP contribution in [-0.4, -0.2) is 29.0 Å². The van der Waals surface area contributed by atoms with E-state index in [1.54, 1.807) is 6.07 Å². The average molecular weight is 304 g/mol. The molecule has 2 aliphatic rings. The molecule has 6 nitrogen and oxygen atoms in total. The third-order valence-electron chi connectivity index (χ3n) is 4.91. The van der Waals surface area contributed by atoms with Crippen LogP contribution >= 0.6 is 0 Å². The van der Waals surface area contributed by atoms with Crippen molar-refractivity contribution in [3.05, 3.63) is 22.7 Å². The van der Waals surface area contributed by atoms with Crippen LogP contribution in [0.4, 0.5) is 5.82 Å². The van der Waals surface area contributed by atoms with E-state index in [4.69, 9.17) is 0 Å². The van der Waals surface area contributed by atoms with E-state index in [1.165, 1.54) is 44.7 Å². The molecule has 0 radical (unpaired) electrons. The van der Waals surface area contributed by atoms with Crippen molar-refractivity contribution in [3.63, 3.8) is 0 Å². The fraction of sp³-hybridized carbons (Fsp3) is 0.688. The maximum Gasteiger partial charge on any atom is 0.346 e. The Balaban J connectivity index is 1.40. The molecule has 2 unspecified atom stereocenters. The second kappa shape index (κ2) is 6.94. The Kier molecular flexibility index (Phi) is 4.75. The highest BCUT2D eigenvalue weighted by molar-refractivity contribution is 5.80. The zero-order valence-corrected chi connectivity index (χ0v) is 12.8.